The lowest BCUT2D eigenvalue weighted by Crippen LogP contribution is -2.24. The first-order valence-electron chi connectivity index (χ1n) is 9.82. The number of ether oxygens (including phenoxy) is 4. The smallest absolute Gasteiger partial charge is 0.277 e. The minimum atomic E-state index is -0.396. The summed E-state index contributed by atoms with van der Waals surface area (Å²) >= 11 is 9.69. The van der Waals surface area contributed by atoms with E-state index < -0.39 is 5.91 Å². The summed E-state index contributed by atoms with van der Waals surface area (Å²) in [4.78, 5) is 12.0. The maximum Gasteiger partial charge on any atom is 0.277 e. The predicted molar refractivity (Wildman–Crippen MR) is 131 cm³/mol. The number of carbonyl (C=O) groups is 1. The number of carbonyl (C=O) groups excluding carboxylic acids is 1. The lowest BCUT2D eigenvalue weighted by Gasteiger charge is -2.14. The zero-order valence-corrected chi connectivity index (χ0v) is 20.4. The number of amides is 1. The number of nitrogens with one attached hydrogen (secondary N) is 1. The highest BCUT2D eigenvalue weighted by molar-refractivity contribution is 9.10. The molecule has 3 rings (SSSR count). The van der Waals surface area contributed by atoms with Crippen LogP contribution >= 0.6 is 27.5 Å². The van der Waals surface area contributed by atoms with Crippen molar-refractivity contribution in [3.05, 3.63) is 81.3 Å². The van der Waals surface area contributed by atoms with Crippen LogP contribution in [0.1, 0.15) is 11.1 Å². The van der Waals surface area contributed by atoms with Gasteiger partial charge in [0.2, 0.25) is 0 Å². The number of rotatable bonds is 10. The lowest BCUT2D eigenvalue weighted by atomic mass is 10.2. The summed E-state index contributed by atoms with van der Waals surface area (Å²) in [7, 11) is 3.13. The number of nitrogens with zero attached hydrogens (tertiary/aromatic N) is 1. The second kappa shape index (κ2) is 12.1. The van der Waals surface area contributed by atoms with Gasteiger partial charge in [-0.3, -0.25) is 4.79 Å². The summed E-state index contributed by atoms with van der Waals surface area (Å²) in [6, 6.07) is 17.9. The molecule has 0 aliphatic rings. The van der Waals surface area contributed by atoms with Crippen molar-refractivity contribution in [3.8, 4) is 23.0 Å². The van der Waals surface area contributed by atoms with Gasteiger partial charge in [-0.25, -0.2) is 5.43 Å². The Morgan fingerprint density at radius 1 is 1.03 bits per heavy atom. The van der Waals surface area contributed by atoms with Gasteiger partial charge in [0.25, 0.3) is 5.91 Å². The Labute approximate surface area is 205 Å². The van der Waals surface area contributed by atoms with Gasteiger partial charge in [-0.15, -0.1) is 0 Å². The summed E-state index contributed by atoms with van der Waals surface area (Å²) in [5, 5.41) is 4.60. The minimum absolute atomic E-state index is 0.175. The Kier molecular flexibility index (Phi) is 8.97. The van der Waals surface area contributed by atoms with Crippen LogP contribution in [0.4, 0.5) is 0 Å². The molecule has 1 amide bonds. The van der Waals surface area contributed by atoms with Crippen molar-refractivity contribution in [2.45, 2.75) is 6.61 Å². The first kappa shape index (κ1) is 24.4. The van der Waals surface area contributed by atoms with Crippen LogP contribution in [0.3, 0.4) is 0 Å². The van der Waals surface area contributed by atoms with Crippen LogP contribution in [0, 0.1) is 0 Å². The molecule has 1 N–H and O–H groups in total. The molecular formula is C24H22BrClN2O5. The molecule has 0 aliphatic heterocycles. The van der Waals surface area contributed by atoms with Gasteiger partial charge in [0.05, 0.1) is 24.9 Å². The van der Waals surface area contributed by atoms with Crippen LogP contribution in [-0.4, -0.2) is 32.9 Å². The fourth-order valence-electron chi connectivity index (χ4n) is 2.75. The fourth-order valence-corrected chi connectivity index (χ4v) is 3.52. The fraction of sp³-hybridized carbons (Fsp3) is 0.167. The van der Waals surface area contributed by atoms with Gasteiger partial charge in [0.1, 0.15) is 18.1 Å². The van der Waals surface area contributed by atoms with Crippen molar-refractivity contribution < 1.29 is 23.7 Å². The number of hydrogen-bond acceptors (Lipinski definition) is 6. The molecule has 0 saturated carbocycles. The van der Waals surface area contributed by atoms with Crippen LogP contribution < -0.4 is 24.4 Å². The van der Waals surface area contributed by atoms with Crippen LogP contribution in [-0.2, 0) is 11.4 Å². The molecule has 3 aromatic carbocycles. The molecule has 9 heteroatoms. The second-order valence-corrected chi connectivity index (χ2v) is 7.93. The maximum atomic E-state index is 12.0. The van der Waals surface area contributed by atoms with E-state index in [1.54, 1.807) is 50.6 Å². The largest absolute Gasteiger partial charge is 0.497 e. The van der Waals surface area contributed by atoms with E-state index in [1.165, 1.54) is 6.21 Å². The second-order valence-electron chi connectivity index (χ2n) is 6.67. The summed E-state index contributed by atoms with van der Waals surface area (Å²) < 4.78 is 22.5. The third-order valence-corrected chi connectivity index (χ3v) is 5.37. The van der Waals surface area contributed by atoms with Gasteiger partial charge < -0.3 is 18.9 Å². The molecule has 0 bridgehead atoms. The molecule has 0 aliphatic carbocycles. The molecule has 0 radical (unpaired) electrons. The van der Waals surface area contributed by atoms with Crippen molar-refractivity contribution in [1.29, 1.82) is 0 Å². The number of hydrazone groups is 1. The summed E-state index contributed by atoms with van der Waals surface area (Å²) in [5.74, 6) is 1.90. The van der Waals surface area contributed by atoms with Gasteiger partial charge in [-0.1, -0.05) is 29.8 Å². The van der Waals surface area contributed by atoms with E-state index >= 15 is 0 Å². The molecule has 0 spiro atoms. The monoisotopic (exact) mass is 532 g/mol. The van der Waals surface area contributed by atoms with E-state index in [0.29, 0.717) is 38.1 Å². The van der Waals surface area contributed by atoms with Crippen LogP contribution in [0.25, 0.3) is 0 Å². The van der Waals surface area contributed by atoms with Crippen molar-refractivity contribution in [2.75, 3.05) is 20.8 Å². The van der Waals surface area contributed by atoms with Crippen molar-refractivity contribution in [2.24, 2.45) is 5.10 Å². The van der Waals surface area contributed by atoms with Gasteiger partial charge in [0, 0.05) is 10.6 Å². The zero-order valence-electron chi connectivity index (χ0n) is 18.0. The number of halogens is 2. The molecular weight excluding hydrogens is 512 g/mol. The van der Waals surface area contributed by atoms with Gasteiger partial charge in [0.15, 0.2) is 18.1 Å². The third-order valence-electron chi connectivity index (χ3n) is 4.41. The summed E-state index contributed by atoms with van der Waals surface area (Å²) in [6.07, 6.45) is 1.50. The molecule has 0 saturated heterocycles. The molecule has 0 heterocycles. The number of benzene rings is 3. The van der Waals surface area contributed by atoms with Crippen LogP contribution in [0.5, 0.6) is 23.0 Å². The number of hydrogen-bond donors (Lipinski definition) is 1. The molecule has 0 fully saturated rings. The highest BCUT2D eigenvalue weighted by Crippen LogP contribution is 2.37. The maximum absolute atomic E-state index is 12.0. The van der Waals surface area contributed by atoms with E-state index in [9.17, 15) is 4.79 Å². The Morgan fingerprint density at radius 2 is 1.76 bits per heavy atom. The van der Waals surface area contributed by atoms with Crippen LogP contribution in [0.15, 0.2) is 70.2 Å². The van der Waals surface area contributed by atoms with Crippen molar-refractivity contribution in [1.82, 2.24) is 5.43 Å². The quantitative estimate of drug-likeness (QED) is 0.285. The average molecular weight is 534 g/mol. The standard InChI is InChI=1S/C24H22BrClN2O5/c1-30-18-7-9-19(10-8-18)32-15-23(29)28-27-13-16-11-20(25)24(22(12-16)31-2)33-14-17-5-3-4-6-21(17)26/h3-13H,14-15H2,1-2H3,(H,28,29)/b27-13-. The van der Waals surface area contributed by atoms with Crippen LogP contribution in [0.2, 0.25) is 5.02 Å². The molecule has 7 nitrogen and oxygen atoms in total. The van der Waals surface area contributed by atoms with Crippen molar-refractivity contribution in [3.63, 3.8) is 0 Å². The van der Waals surface area contributed by atoms with Gasteiger partial charge in [-0.05, 0) is 64.0 Å². The Hall–Kier alpha value is -3.23. The highest BCUT2D eigenvalue weighted by Gasteiger charge is 2.12. The molecule has 0 atom stereocenters. The molecule has 0 aromatic heterocycles. The molecule has 0 unspecified atom stereocenters. The van der Waals surface area contributed by atoms with E-state index in [4.69, 9.17) is 30.5 Å². The topological polar surface area (TPSA) is 78.4 Å². The summed E-state index contributed by atoms with van der Waals surface area (Å²) in [6.45, 7) is 0.109. The normalized spacial score (nSPS) is 10.7. The Balaban J connectivity index is 1.57. The molecule has 3 aromatic rings. The SMILES string of the molecule is COc1ccc(OCC(=O)N/N=C\c2cc(Br)c(OCc3ccccc3Cl)c(OC)c2)cc1. The lowest BCUT2D eigenvalue weighted by molar-refractivity contribution is -0.123. The van der Waals surface area contributed by atoms with E-state index in [1.807, 2.05) is 24.3 Å². The van der Waals surface area contributed by atoms with E-state index in [-0.39, 0.29) is 13.2 Å². The van der Waals surface area contributed by atoms with Crippen molar-refractivity contribution >= 4 is 39.7 Å². The first-order valence-corrected chi connectivity index (χ1v) is 11.0. The van der Waals surface area contributed by atoms with E-state index in [2.05, 4.69) is 26.5 Å². The number of methoxy groups -OCH3 is 2. The summed E-state index contributed by atoms with van der Waals surface area (Å²) in [5.41, 5.74) is 3.98. The van der Waals surface area contributed by atoms with E-state index in [0.717, 1.165) is 5.56 Å². The Morgan fingerprint density at radius 3 is 2.45 bits per heavy atom. The van der Waals surface area contributed by atoms with Gasteiger partial charge >= 0.3 is 0 Å². The first-order chi connectivity index (χ1) is 16.0. The highest BCUT2D eigenvalue weighted by atomic mass is 79.9. The average Bonchev–Trinajstić information content (AvgIpc) is 2.83. The zero-order chi connectivity index (χ0) is 23.6. The molecule has 33 heavy (non-hydrogen) atoms. The molecule has 172 valence electrons. The minimum Gasteiger partial charge on any atom is -0.497 e. The predicted octanol–water partition coefficient (Wildman–Crippen LogP) is 5.23. The third kappa shape index (κ3) is 7.13. The van der Waals surface area contributed by atoms with Gasteiger partial charge in [-0.2, -0.15) is 5.10 Å². The Bertz CT molecular complexity index is 1120.